The van der Waals surface area contributed by atoms with Crippen molar-refractivity contribution in [2.75, 3.05) is 20.8 Å². The maximum atomic E-state index is 12.8. The third-order valence-corrected chi connectivity index (χ3v) is 5.33. The van der Waals surface area contributed by atoms with Gasteiger partial charge in [-0.3, -0.25) is 9.59 Å². The average molecular weight is 359 g/mol. The van der Waals surface area contributed by atoms with Gasteiger partial charge in [-0.1, -0.05) is 31.4 Å². The predicted molar refractivity (Wildman–Crippen MR) is 96.5 cm³/mol. The van der Waals surface area contributed by atoms with Crippen molar-refractivity contribution in [2.45, 2.75) is 44.2 Å². The Morgan fingerprint density at radius 3 is 2.46 bits per heavy atom. The van der Waals surface area contributed by atoms with E-state index in [4.69, 9.17) is 0 Å². The second-order valence-corrected chi connectivity index (χ2v) is 7.37. The van der Waals surface area contributed by atoms with Gasteiger partial charge in [-0.15, -0.1) is 0 Å². The molecule has 4 amide bonds. The highest BCUT2D eigenvalue weighted by atomic mass is 16.2. The highest BCUT2D eigenvalue weighted by molar-refractivity contribution is 6.06. The molecule has 0 aromatic heterocycles. The molecule has 7 heteroatoms. The molecule has 7 nitrogen and oxygen atoms in total. The number of hydrogen-bond acceptors (Lipinski definition) is 3. The fourth-order valence-electron chi connectivity index (χ4n) is 3.91. The van der Waals surface area contributed by atoms with E-state index in [-0.39, 0.29) is 17.8 Å². The summed E-state index contributed by atoms with van der Waals surface area (Å²) >= 11 is 0. The molecule has 2 aliphatic rings. The second kappa shape index (κ2) is 7.45. The van der Waals surface area contributed by atoms with Gasteiger partial charge in [0.2, 0.25) is 0 Å². The SMILES string of the molecule is CNC(=O)c1ccc(C[NH+](C)CN2C(=O)NC3(CCCCC3)C2=O)cc1. The molecule has 1 aromatic rings. The van der Waals surface area contributed by atoms with E-state index in [2.05, 4.69) is 10.6 Å². The maximum Gasteiger partial charge on any atom is 0.329 e. The molecule has 1 aliphatic carbocycles. The molecule has 0 radical (unpaired) electrons. The van der Waals surface area contributed by atoms with Gasteiger partial charge in [-0.2, -0.15) is 0 Å². The first-order chi connectivity index (χ1) is 12.4. The van der Waals surface area contributed by atoms with Crippen LogP contribution in [0.1, 0.15) is 48.0 Å². The summed E-state index contributed by atoms with van der Waals surface area (Å²) in [4.78, 5) is 39.1. The molecule has 1 atom stereocenters. The summed E-state index contributed by atoms with van der Waals surface area (Å²) in [6, 6.07) is 7.11. The normalized spacial score (nSPS) is 20.2. The molecule has 1 aromatic carbocycles. The lowest BCUT2D eigenvalue weighted by Crippen LogP contribution is -3.09. The van der Waals surface area contributed by atoms with E-state index >= 15 is 0 Å². The number of urea groups is 1. The molecule has 1 saturated carbocycles. The highest BCUT2D eigenvalue weighted by Crippen LogP contribution is 2.33. The first-order valence-electron chi connectivity index (χ1n) is 9.21. The topological polar surface area (TPSA) is 82.9 Å². The number of hydrogen-bond donors (Lipinski definition) is 3. The van der Waals surface area contributed by atoms with Gasteiger partial charge in [0.1, 0.15) is 12.1 Å². The number of quaternary nitrogens is 1. The first-order valence-corrected chi connectivity index (χ1v) is 9.21. The van der Waals surface area contributed by atoms with Crippen molar-refractivity contribution in [3.8, 4) is 0 Å². The van der Waals surface area contributed by atoms with Crippen LogP contribution in [0.4, 0.5) is 4.79 Å². The second-order valence-electron chi connectivity index (χ2n) is 7.37. The lowest BCUT2D eigenvalue weighted by atomic mass is 9.82. The van der Waals surface area contributed by atoms with Gasteiger partial charge in [-0.05, 0) is 25.0 Å². The zero-order chi connectivity index (χ0) is 18.7. The van der Waals surface area contributed by atoms with Crippen LogP contribution in [0.2, 0.25) is 0 Å². The third-order valence-electron chi connectivity index (χ3n) is 5.33. The van der Waals surface area contributed by atoms with Crippen LogP contribution in [0.25, 0.3) is 0 Å². The van der Waals surface area contributed by atoms with Crippen LogP contribution in [0, 0.1) is 0 Å². The Morgan fingerprint density at radius 1 is 1.19 bits per heavy atom. The quantitative estimate of drug-likeness (QED) is 0.660. The predicted octanol–water partition coefficient (Wildman–Crippen LogP) is 0.273. The van der Waals surface area contributed by atoms with E-state index in [0.717, 1.165) is 42.6 Å². The van der Waals surface area contributed by atoms with Gasteiger partial charge in [0.05, 0.1) is 7.05 Å². The van der Waals surface area contributed by atoms with Gasteiger partial charge >= 0.3 is 6.03 Å². The average Bonchev–Trinajstić information content (AvgIpc) is 2.86. The van der Waals surface area contributed by atoms with Gasteiger partial charge < -0.3 is 15.5 Å². The number of benzene rings is 1. The van der Waals surface area contributed by atoms with Crippen LogP contribution in [0.15, 0.2) is 24.3 Å². The summed E-state index contributed by atoms with van der Waals surface area (Å²) in [5.41, 5.74) is 1.00. The van der Waals surface area contributed by atoms with Crippen LogP contribution < -0.4 is 15.5 Å². The molecule has 1 unspecified atom stereocenters. The molecule has 1 spiro atoms. The largest absolute Gasteiger partial charge is 0.355 e. The number of carbonyl (C=O) groups is 3. The highest BCUT2D eigenvalue weighted by Gasteiger charge is 2.52. The summed E-state index contributed by atoms with van der Waals surface area (Å²) in [6.45, 7) is 1.00. The molecule has 2 fully saturated rings. The van der Waals surface area contributed by atoms with Crippen LogP contribution in [-0.4, -0.2) is 49.0 Å². The Hall–Kier alpha value is -2.41. The van der Waals surface area contributed by atoms with Crippen molar-refractivity contribution < 1.29 is 19.3 Å². The van der Waals surface area contributed by atoms with Crippen molar-refractivity contribution in [2.24, 2.45) is 0 Å². The summed E-state index contributed by atoms with van der Waals surface area (Å²) < 4.78 is 0. The van der Waals surface area contributed by atoms with E-state index in [0.29, 0.717) is 18.8 Å². The van der Waals surface area contributed by atoms with Crippen LogP contribution >= 0.6 is 0 Å². The fourth-order valence-corrected chi connectivity index (χ4v) is 3.91. The van der Waals surface area contributed by atoms with Crippen LogP contribution in [0.3, 0.4) is 0 Å². The molecule has 3 N–H and O–H groups in total. The molecular formula is C19H27N4O3+. The Labute approximate surface area is 153 Å². The van der Waals surface area contributed by atoms with Crippen LogP contribution in [0.5, 0.6) is 0 Å². The number of rotatable bonds is 5. The van der Waals surface area contributed by atoms with E-state index in [1.807, 2.05) is 19.2 Å². The zero-order valence-corrected chi connectivity index (χ0v) is 15.4. The smallest absolute Gasteiger partial charge is 0.329 e. The van der Waals surface area contributed by atoms with Gasteiger partial charge in [-0.25, -0.2) is 9.69 Å². The first kappa shape index (κ1) is 18.4. The fraction of sp³-hybridized carbons (Fsp3) is 0.526. The Balaban J connectivity index is 1.61. The number of imide groups is 1. The number of amides is 4. The number of nitrogens with one attached hydrogen (secondary N) is 3. The van der Waals surface area contributed by atoms with Crippen molar-refractivity contribution in [3.63, 3.8) is 0 Å². The van der Waals surface area contributed by atoms with Gasteiger partial charge in [0.15, 0.2) is 6.67 Å². The summed E-state index contributed by atoms with van der Waals surface area (Å²) in [6.07, 6.45) is 4.59. The van der Waals surface area contributed by atoms with E-state index in [9.17, 15) is 14.4 Å². The monoisotopic (exact) mass is 359 g/mol. The summed E-state index contributed by atoms with van der Waals surface area (Å²) in [5, 5.41) is 5.54. The lowest BCUT2D eigenvalue weighted by Gasteiger charge is -2.30. The van der Waals surface area contributed by atoms with E-state index < -0.39 is 5.54 Å². The van der Waals surface area contributed by atoms with Crippen molar-refractivity contribution in [3.05, 3.63) is 35.4 Å². The Bertz CT molecular complexity index is 695. The van der Waals surface area contributed by atoms with Crippen molar-refractivity contribution in [1.82, 2.24) is 15.5 Å². The maximum absolute atomic E-state index is 12.8. The standard InChI is InChI=1S/C19H26N4O3/c1-20-16(24)15-8-6-14(7-9-15)12-22(2)13-23-17(25)19(21-18(23)26)10-4-3-5-11-19/h6-9H,3-5,10-13H2,1-2H3,(H,20,24)(H,21,26)/p+1. The Kier molecular flexibility index (Phi) is 5.27. The summed E-state index contributed by atoms with van der Waals surface area (Å²) in [5.74, 6) is -0.189. The lowest BCUT2D eigenvalue weighted by molar-refractivity contribution is -0.901. The van der Waals surface area contributed by atoms with Crippen molar-refractivity contribution >= 4 is 17.8 Å². The molecule has 1 heterocycles. The minimum atomic E-state index is -0.662. The molecule has 3 rings (SSSR count). The minimum absolute atomic E-state index is 0.0727. The molecule has 26 heavy (non-hydrogen) atoms. The number of nitrogens with zero attached hydrogens (tertiary/aromatic N) is 1. The number of carbonyl (C=O) groups excluding carboxylic acids is 3. The third kappa shape index (κ3) is 3.58. The molecular weight excluding hydrogens is 332 g/mol. The van der Waals surface area contributed by atoms with Crippen molar-refractivity contribution in [1.29, 1.82) is 0 Å². The van der Waals surface area contributed by atoms with E-state index in [1.54, 1.807) is 19.2 Å². The van der Waals surface area contributed by atoms with Gasteiger partial charge in [0, 0.05) is 18.2 Å². The van der Waals surface area contributed by atoms with E-state index in [1.165, 1.54) is 4.90 Å². The van der Waals surface area contributed by atoms with Gasteiger partial charge in [0.25, 0.3) is 11.8 Å². The summed E-state index contributed by atoms with van der Waals surface area (Å²) in [7, 11) is 3.56. The molecule has 1 saturated heterocycles. The zero-order valence-electron chi connectivity index (χ0n) is 15.4. The Morgan fingerprint density at radius 2 is 1.85 bits per heavy atom. The molecule has 0 bridgehead atoms. The minimum Gasteiger partial charge on any atom is -0.355 e. The molecule has 140 valence electrons. The van der Waals surface area contributed by atoms with Crippen LogP contribution in [-0.2, 0) is 11.3 Å². The molecule has 1 aliphatic heterocycles.